The molecule has 0 aliphatic heterocycles. The first-order valence-electron chi connectivity index (χ1n) is 23.3. The maximum Gasteiger partial charge on any atom is 0.0726 e. The van der Waals surface area contributed by atoms with E-state index in [1.54, 1.807) is 0 Å². The topological polar surface area (TPSA) is 3.24 Å². The van der Waals surface area contributed by atoms with Gasteiger partial charge in [-0.1, -0.05) is 214 Å². The molecule has 4 aliphatic rings. The highest BCUT2D eigenvalue weighted by Gasteiger charge is 2.52. The van der Waals surface area contributed by atoms with Crippen molar-refractivity contribution in [1.29, 1.82) is 0 Å². The molecule has 14 rings (SSSR count). The lowest BCUT2D eigenvalue weighted by molar-refractivity contribution is 0.660. The molecule has 1 heteroatoms. The van der Waals surface area contributed by atoms with E-state index >= 15 is 0 Å². The summed E-state index contributed by atoms with van der Waals surface area (Å²) < 4.78 is 0. The predicted octanol–water partition coefficient (Wildman–Crippen LogP) is 16.2. The molecule has 0 aromatic heterocycles. The van der Waals surface area contributed by atoms with E-state index in [2.05, 4.69) is 255 Å². The Bertz CT molecular complexity index is 3530. The third-order valence-corrected chi connectivity index (χ3v) is 15.8. The van der Waals surface area contributed by atoms with Crippen molar-refractivity contribution in [3.63, 3.8) is 0 Å². The highest BCUT2D eigenvalue weighted by Crippen LogP contribution is 2.64. The zero-order valence-electron chi connectivity index (χ0n) is 37.0. The van der Waals surface area contributed by atoms with E-state index < -0.39 is 10.8 Å². The number of anilines is 3. The Balaban J connectivity index is 1.04. The fourth-order valence-electron chi connectivity index (χ4n) is 13.1. The Hall–Kier alpha value is -8.00. The normalized spacial score (nSPS) is 15.2. The molecule has 0 fully saturated rings. The third-order valence-electron chi connectivity index (χ3n) is 15.8. The largest absolute Gasteiger partial charge is 0.310 e. The third kappa shape index (κ3) is 4.69. The molecule has 66 heavy (non-hydrogen) atoms. The Morgan fingerprint density at radius 2 is 0.576 bits per heavy atom. The zero-order valence-corrected chi connectivity index (χ0v) is 37.0. The number of hydrogen-bond donors (Lipinski definition) is 0. The molecule has 0 heterocycles. The van der Waals surface area contributed by atoms with E-state index in [1.807, 2.05) is 0 Å². The van der Waals surface area contributed by atoms with Crippen molar-refractivity contribution in [2.24, 2.45) is 0 Å². The lowest BCUT2D eigenvalue weighted by atomic mass is 9.68. The van der Waals surface area contributed by atoms with Gasteiger partial charge in [0.05, 0.1) is 10.8 Å². The van der Waals surface area contributed by atoms with Gasteiger partial charge in [-0.3, -0.25) is 0 Å². The van der Waals surface area contributed by atoms with Crippen molar-refractivity contribution in [1.82, 2.24) is 0 Å². The molecule has 0 atom stereocenters. The zero-order chi connectivity index (χ0) is 43.8. The first-order valence-corrected chi connectivity index (χ1v) is 23.3. The van der Waals surface area contributed by atoms with E-state index in [-0.39, 0.29) is 5.41 Å². The molecular weight excluding hydrogens is 795 g/mol. The Labute approximate surface area is 387 Å². The minimum atomic E-state index is -0.476. The molecule has 1 spiro atoms. The fourth-order valence-corrected chi connectivity index (χ4v) is 13.1. The van der Waals surface area contributed by atoms with Crippen LogP contribution in [0.1, 0.15) is 69.5 Å². The van der Waals surface area contributed by atoms with Gasteiger partial charge < -0.3 is 4.90 Å². The predicted molar refractivity (Wildman–Crippen MR) is 272 cm³/mol. The first-order chi connectivity index (χ1) is 32.5. The quantitative estimate of drug-likeness (QED) is 0.167. The van der Waals surface area contributed by atoms with Gasteiger partial charge in [-0.2, -0.15) is 0 Å². The average Bonchev–Trinajstić information content (AvgIpc) is 4.03. The van der Waals surface area contributed by atoms with E-state index in [1.165, 1.54) is 100 Å². The lowest BCUT2D eigenvalue weighted by Gasteiger charge is -2.34. The smallest absolute Gasteiger partial charge is 0.0726 e. The van der Waals surface area contributed by atoms with Crippen molar-refractivity contribution in [2.75, 3.05) is 4.90 Å². The SMILES string of the molecule is CC1(C)c2ccccc2-c2ccc(N(c3ccc4c(c3)-c3ccccc3C4(c3ccccc3)c3ccccc3)c3ccc4c(c3)C3(c5ccccc5-c5ccccc53)c3ccccc3-4)cc21. The highest BCUT2D eigenvalue weighted by molar-refractivity contribution is 5.97. The van der Waals surface area contributed by atoms with Crippen LogP contribution >= 0.6 is 0 Å². The molecule has 1 nitrogen and oxygen atoms in total. The van der Waals surface area contributed by atoms with Crippen LogP contribution in [0.3, 0.4) is 0 Å². The van der Waals surface area contributed by atoms with Crippen LogP contribution in [0.15, 0.2) is 237 Å². The molecule has 0 amide bonds. The summed E-state index contributed by atoms with van der Waals surface area (Å²) >= 11 is 0. The summed E-state index contributed by atoms with van der Waals surface area (Å²) in [5.41, 5.74) is 26.0. The van der Waals surface area contributed by atoms with Crippen LogP contribution < -0.4 is 4.90 Å². The van der Waals surface area contributed by atoms with E-state index in [0.29, 0.717) is 0 Å². The van der Waals surface area contributed by atoms with Gasteiger partial charge >= 0.3 is 0 Å². The number of nitrogens with zero attached hydrogens (tertiary/aromatic N) is 1. The summed E-state index contributed by atoms with van der Waals surface area (Å²) in [4.78, 5) is 2.54. The molecular formula is C65H45N. The van der Waals surface area contributed by atoms with Gasteiger partial charge in [0.25, 0.3) is 0 Å². The van der Waals surface area contributed by atoms with E-state index in [0.717, 1.165) is 17.1 Å². The highest BCUT2D eigenvalue weighted by atomic mass is 15.1. The minimum Gasteiger partial charge on any atom is -0.310 e. The van der Waals surface area contributed by atoms with Gasteiger partial charge in [-0.15, -0.1) is 0 Å². The van der Waals surface area contributed by atoms with Crippen molar-refractivity contribution >= 4 is 17.1 Å². The maximum absolute atomic E-state index is 2.54. The number of fused-ring (bicyclic) bond motifs is 16. The molecule has 0 radical (unpaired) electrons. The second-order valence-electron chi connectivity index (χ2n) is 19.1. The molecule has 4 aliphatic carbocycles. The molecule has 10 aromatic carbocycles. The van der Waals surface area contributed by atoms with Gasteiger partial charge in [-0.25, -0.2) is 0 Å². The van der Waals surface area contributed by atoms with Crippen molar-refractivity contribution < 1.29 is 0 Å². The minimum absolute atomic E-state index is 0.156. The summed E-state index contributed by atoms with van der Waals surface area (Å²) in [6, 6.07) is 89.4. The maximum atomic E-state index is 2.54. The second-order valence-corrected chi connectivity index (χ2v) is 19.1. The van der Waals surface area contributed by atoms with Crippen molar-refractivity contribution in [3.05, 3.63) is 292 Å². The Kier molecular flexibility index (Phi) is 7.66. The van der Waals surface area contributed by atoms with Crippen LogP contribution in [0.5, 0.6) is 0 Å². The summed E-state index contributed by atoms with van der Waals surface area (Å²) in [7, 11) is 0. The van der Waals surface area contributed by atoms with Gasteiger partial charge in [-0.05, 0) is 137 Å². The molecule has 310 valence electrons. The summed E-state index contributed by atoms with van der Waals surface area (Å²) in [6.07, 6.45) is 0. The number of rotatable bonds is 5. The standard InChI is InChI=1S/C65H45N/c1-63(2)55-28-14-9-23-47(55)52-36-33-45(40-61(52)63)66(44-35-38-60-54(39-44)51-27-13-15-29-56(51)64(60,42-19-5-3-6-20-42)43-21-7-4-8-22-43)46-34-37-53-50-26-12-18-32-59(50)65(62(53)41-46)57-30-16-10-24-48(57)49-25-11-17-31-58(49)65/h3-41H,1-2H3. The van der Waals surface area contributed by atoms with E-state index in [4.69, 9.17) is 0 Å². The Morgan fingerprint density at radius 1 is 0.242 bits per heavy atom. The first kappa shape index (κ1) is 37.4. The van der Waals surface area contributed by atoms with Crippen LogP contribution in [0.25, 0.3) is 44.5 Å². The van der Waals surface area contributed by atoms with Crippen molar-refractivity contribution in [2.45, 2.75) is 30.1 Å². The molecule has 10 aromatic rings. The molecule has 0 bridgehead atoms. The summed E-state index contributed by atoms with van der Waals surface area (Å²) in [6.45, 7) is 4.77. The van der Waals surface area contributed by atoms with Crippen LogP contribution in [0.2, 0.25) is 0 Å². The van der Waals surface area contributed by atoms with Gasteiger partial charge in [0.15, 0.2) is 0 Å². The number of hydrogen-bond acceptors (Lipinski definition) is 1. The van der Waals surface area contributed by atoms with Gasteiger partial charge in [0, 0.05) is 22.5 Å². The fraction of sp³-hybridized carbons (Fsp3) is 0.0769. The monoisotopic (exact) mass is 839 g/mol. The van der Waals surface area contributed by atoms with Crippen LogP contribution in [-0.2, 0) is 16.2 Å². The summed E-state index contributed by atoms with van der Waals surface area (Å²) in [5.74, 6) is 0. The van der Waals surface area contributed by atoms with Crippen LogP contribution in [0, 0.1) is 0 Å². The average molecular weight is 840 g/mol. The Morgan fingerprint density at radius 3 is 1.09 bits per heavy atom. The molecule has 0 saturated heterocycles. The lowest BCUT2D eigenvalue weighted by Crippen LogP contribution is -2.28. The van der Waals surface area contributed by atoms with Crippen molar-refractivity contribution in [3.8, 4) is 44.5 Å². The van der Waals surface area contributed by atoms with Crippen LogP contribution in [-0.4, -0.2) is 0 Å². The summed E-state index contributed by atoms with van der Waals surface area (Å²) in [5, 5.41) is 0. The molecule has 0 unspecified atom stereocenters. The molecule has 0 saturated carbocycles. The van der Waals surface area contributed by atoms with Crippen LogP contribution in [0.4, 0.5) is 17.1 Å². The second kappa shape index (κ2) is 13.5. The van der Waals surface area contributed by atoms with Gasteiger partial charge in [0.1, 0.15) is 0 Å². The van der Waals surface area contributed by atoms with Gasteiger partial charge in [0.2, 0.25) is 0 Å². The van der Waals surface area contributed by atoms with E-state index in [9.17, 15) is 0 Å². The molecule has 0 N–H and O–H groups in total. The number of benzene rings is 10.